The molecule has 4 nitrogen and oxygen atoms in total. The topological polar surface area (TPSA) is 65.1 Å². The van der Waals surface area contributed by atoms with Crippen LogP contribution in [0.5, 0.6) is 0 Å². The summed E-state index contributed by atoms with van der Waals surface area (Å²) >= 11 is 0. The molecule has 4 N–H and O–H groups in total. The van der Waals surface area contributed by atoms with E-state index in [0.29, 0.717) is 13.0 Å². The molecule has 0 heterocycles. The predicted molar refractivity (Wildman–Crippen MR) is 50.6 cm³/mol. The van der Waals surface area contributed by atoms with Crippen LogP contribution < -0.4 is 4.90 Å². The number of aliphatic hydroxyl groups excluding tert-OH is 3. The number of hydrogen-bond donors (Lipinski definition) is 4. The van der Waals surface area contributed by atoms with Crippen LogP contribution in [0.25, 0.3) is 0 Å². The highest BCUT2D eigenvalue weighted by Gasteiger charge is 2.19. The van der Waals surface area contributed by atoms with Crippen molar-refractivity contribution in [1.29, 1.82) is 0 Å². The zero-order chi connectivity index (χ0) is 10.3. The average Bonchev–Trinajstić information content (AvgIpc) is 2.13. The summed E-state index contributed by atoms with van der Waals surface area (Å²) in [5, 5.41) is 27.1. The molecule has 0 aromatic carbocycles. The van der Waals surface area contributed by atoms with E-state index in [1.807, 2.05) is 14.0 Å². The van der Waals surface area contributed by atoms with Gasteiger partial charge in [0.1, 0.15) is 18.7 Å². The molecule has 13 heavy (non-hydrogen) atoms. The summed E-state index contributed by atoms with van der Waals surface area (Å²) in [5.74, 6) is 0. The first-order valence-electron chi connectivity index (χ1n) is 4.87. The third-order valence-corrected chi connectivity index (χ3v) is 2.42. The van der Waals surface area contributed by atoms with Crippen LogP contribution in [0, 0.1) is 0 Å². The van der Waals surface area contributed by atoms with Crippen LogP contribution in [0.2, 0.25) is 0 Å². The monoisotopic (exact) mass is 192 g/mol. The molecule has 4 heteroatoms. The van der Waals surface area contributed by atoms with Gasteiger partial charge in [-0.05, 0) is 6.42 Å². The van der Waals surface area contributed by atoms with E-state index in [9.17, 15) is 5.11 Å². The van der Waals surface area contributed by atoms with Crippen molar-refractivity contribution in [3.63, 3.8) is 0 Å². The Hall–Kier alpha value is -0.160. The standard InChI is InChI=1S/C9H21NO3/c1-3-9(13)6-10(2)8(7-12)4-5-11/h8-9,11-13H,3-7H2,1-2H3/p+1. The van der Waals surface area contributed by atoms with Crippen LogP contribution in [-0.4, -0.2) is 54.3 Å². The summed E-state index contributed by atoms with van der Waals surface area (Å²) in [5.41, 5.74) is 0. The van der Waals surface area contributed by atoms with Gasteiger partial charge in [0.05, 0.1) is 13.7 Å². The molecule has 0 aromatic rings. The molecule has 0 amide bonds. The summed E-state index contributed by atoms with van der Waals surface area (Å²) < 4.78 is 0. The number of likely N-dealkylation sites (N-methyl/N-ethyl adjacent to an activating group) is 1. The molecule has 0 aliphatic rings. The van der Waals surface area contributed by atoms with E-state index >= 15 is 0 Å². The van der Waals surface area contributed by atoms with Gasteiger partial charge in [0.2, 0.25) is 0 Å². The number of hydrogen-bond acceptors (Lipinski definition) is 3. The van der Waals surface area contributed by atoms with Gasteiger partial charge in [-0.2, -0.15) is 0 Å². The van der Waals surface area contributed by atoms with Gasteiger partial charge < -0.3 is 20.2 Å². The van der Waals surface area contributed by atoms with Crippen LogP contribution in [0.15, 0.2) is 0 Å². The fourth-order valence-corrected chi connectivity index (χ4v) is 1.33. The first kappa shape index (κ1) is 12.8. The Labute approximate surface area is 79.8 Å². The second-order valence-electron chi connectivity index (χ2n) is 3.50. The summed E-state index contributed by atoms with van der Waals surface area (Å²) in [6.07, 6.45) is 1.00. The fourth-order valence-electron chi connectivity index (χ4n) is 1.33. The Bertz CT molecular complexity index is 121. The first-order chi connectivity index (χ1) is 6.15. The van der Waals surface area contributed by atoms with Gasteiger partial charge in [0.15, 0.2) is 0 Å². The third kappa shape index (κ3) is 5.21. The van der Waals surface area contributed by atoms with Crippen molar-refractivity contribution in [3.8, 4) is 0 Å². The lowest BCUT2D eigenvalue weighted by atomic mass is 10.1. The minimum Gasteiger partial charge on any atom is -0.396 e. The minimum absolute atomic E-state index is 0.0335. The van der Waals surface area contributed by atoms with Crippen LogP contribution >= 0.6 is 0 Å². The molecule has 0 bridgehead atoms. The lowest BCUT2D eigenvalue weighted by molar-refractivity contribution is -0.910. The van der Waals surface area contributed by atoms with Gasteiger partial charge in [0, 0.05) is 13.0 Å². The van der Waals surface area contributed by atoms with Gasteiger partial charge in [0.25, 0.3) is 0 Å². The van der Waals surface area contributed by atoms with E-state index in [1.54, 1.807) is 0 Å². The first-order valence-corrected chi connectivity index (χ1v) is 4.87. The number of nitrogens with one attached hydrogen (secondary N) is 1. The molecule has 0 saturated carbocycles. The van der Waals surface area contributed by atoms with Crippen molar-refractivity contribution in [2.45, 2.75) is 31.9 Å². The molecule has 0 rings (SSSR count). The van der Waals surface area contributed by atoms with E-state index in [2.05, 4.69) is 0 Å². The maximum atomic E-state index is 9.38. The quantitative estimate of drug-likeness (QED) is 0.378. The van der Waals surface area contributed by atoms with Crippen molar-refractivity contribution < 1.29 is 20.2 Å². The summed E-state index contributed by atoms with van der Waals surface area (Å²) in [7, 11) is 1.93. The highest BCUT2D eigenvalue weighted by atomic mass is 16.3. The van der Waals surface area contributed by atoms with Crippen molar-refractivity contribution in [2.75, 3.05) is 26.8 Å². The highest BCUT2D eigenvalue weighted by molar-refractivity contribution is 4.54. The molecule has 3 atom stereocenters. The average molecular weight is 192 g/mol. The Morgan fingerprint density at radius 1 is 1.31 bits per heavy atom. The molecular formula is C9H22NO3+. The van der Waals surface area contributed by atoms with E-state index in [0.717, 1.165) is 11.3 Å². The number of rotatable bonds is 7. The fraction of sp³-hybridized carbons (Fsp3) is 1.00. The second kappa shape index (κ2) is 7.26. The molecule has 3 unspecified atom stereocenters. The Balaban J connectivity index is 3.82. The lowest BCUT2D eigenvalue weighted by Crippen LogP contribution is -3.14. The second-order valence-corrected chi connectivity index (χ2v) is 3.50. The maximum absolute atomic E-state index is 9.38. The minimum atomic E-state index is -0.312. The smallest absolute Gasteiger partial charge is 0.113 e. The van der Waals surface area contributed by atoms with Crippen LogP contribution in [-0.2, 0) is 0 Å². The summed E-state index contributed by atoms with van der Waals surface area (Å²) in [4.78, 5) is 1.07. The summed E-state index contributed by atoms with van der Waals surface area (Å²) in [6.45, 7) is 2.70. The van der Waals surface area contributed by atoms with Gasteiger partial charge >= 0.3 is 0 Å². The number of quaternary nitrogens is 1. The lowest BCUT2D eigenvalue weighted by Gasteiger charge is -2.24. The Morgan fingerprint density at radius 3 is 2.31 bits per heavy atom. The molecule has 0 fully saturated rings. The molecule has 0 spiro atoms. The van der Waals surface area contributed by atoms with Gasteiger partial charge in [-0.3, -0.25) is 0 Å². The molecule has 0 radical (unpaired) electrons. The molecule has 0 saturated heterocycles. The van der Waals surface area contributed by atoms with Crippen molar-refractivity contribution in [1.82, 2.24) is 0 Å². The van der Waals surface area contributed by atoms with E-state index in [4.69, 9.17) is 10.2 Å². The SMILES string of the molecule is CCC(O)C[NH+](C)C(CO)CCO. The van der Waals surface area contributed by atoms with Gasteiger partial charge in [-0.1, -0.05) is 6.92 Å². The van der Waals surface area contributed by atoms with Crippen molar-refractivity contribution in [3.05, 3.63) is 0 Å². The van der Waals surface area contributed by atoms with Crippen LogP contribution in [0.3, 0.4) is 0 Å². The van der Waals surface area contributed by atoms with Crippen molar-refractivity contribution >= 4 is 0 Å². The van der Waals surface area contributed by atoms with Crippen LogP contribution in [0.4, 0.5) is 0 Å². The molecular weight excluding hydrogens is 170 g/mol. The van der Waals surface area contributed by atoms with Gasteiger partial charge in [-0.25, -0.2) is 0 Å². The van der Waals surface area contributed by atoms with Gasteiger partial charge in [-0.15, -0.1) is 0 Å². The van der Waals surface area contributed by atoms with E-state index < -0.39 is 0 Å². The molecule has 0 aliphatic carbocycles. The molecule has 80 valence electrons. The third-order valence-electron chi connectivity index (χ3n) is 2.42. The molecule has 0 aliphatic heterocycles. The normalized spacial score (nSPS) is 18.2. The van der Waals surface area contributed by atoms with E-state index in [1.165, 1.54) is 0 Å². The Morgan fingerprint density at radius 2 is 1.92 bits per heavy atom. The van der Waals surface area contributed by atoms with Crippen LogP contribution in [0.1, 0.15) is 19.8 Å². The van der Waals surface area contributed by atoms with Crippen molar-refractivity contribution in [2.24, 2.45) is 0 Å². The van der Waals surface area contributed by atoms with E-state index in [-0.39, 0.29) is 25.4 Å². The maximum Gasteiger partial charge on any atom is 0.113 e. The number of aliphatic hydroxyl groups is 3. The zero-order valence-corrected chi connectivity index (χ0v) is 8.53. The molecule has 0 aromatic heterocycles. The predicted octanol–water partition coefficient (Wildman–Crippen LogP) is -1.98. The largest absolute Gasteiger partial charge is 0.396 e. The highest BCUT2D eigenvalue weighted by Crippen LogP contribution is 1.87. The summed E-state index contributed by atoms with van der Waals surface area (Å²) in [6, 6.07) is 0.0335. The Kier molecular flexibility index (Phi) is 7.17. The zero-order valence-electron chi connectivity index (χ0n) is 8.53.